The number of H-pyrrole nitrogens is 1. The molecule has 0 atom stereocenters. The van der Waals surface area contributed by atoms with Crippen LogP contribution in [-0.2, 0) is 0 Å². The summed E-state index contributed by atoms with van der Waals surface area (Å²) in [5.74, 6) is 1.68. The number of aromatic nitrogens is 3. The van der Waals surface area contributed by atoms with E-state index in [1.165, 1.54) is 12.8 Å². The van der Waals surface area contributed by atoms with Gasteiger partial charge in [0.1, 0.15) is 5.75 Å². The van der Waals surface area contributed by atoms with Gasteiger partial charge in [0.25, 0.3) is 0 Å². The summed E-state index contributed by atoms with van der Waals surface area (Å²) in [6, 6.07) is 6.33. The highest BCUT2D eigenvalue weighted by molar-refractivity contribution is 9.10. The number of nitrogens with one attached hydrogen (secondary N) is 1. The molecule has 1 aromatic heterocycles. The van der Waals surface area contributed by atoms with Crippen molar-refractivity contribution >= 4 is 28.1 Å². The Kier molecular flexibility index (Phi) is 2.99. The van der Waals surface area contributed by atoms with Gasteiger partial charge >= 0.3 is 0 Å². The predicted molar refractivity (Wildman–Crippen MR) is 75.4 cm³/mol. The van der Waals surface area contributed by atoms with Crippen molar-refractivity contribution in [3.05, 3.63) is 27.4 Å². The van der Waals surface area contributed by atoms with Gasteiger partial charge in [0, 0.05) is 16.1 Å². The van der Waals surface area contributed by atoms with Crippen LogP contribution in [0.4, 0.5) is 0 Å². The van der Waals surface area contributed by atoms with E-state index in [2.05, 4.69) is 30.7 Å². The highest BCUT2D eigenvalue weighted by Crippen LogP contribution is 2.40. The van der Waals surface area contributed by atoms with Crippen LogP contribution in [0, 0.1) is 4.77 Å². The second-order valence-electron chi connectivity index (χ2n) is 4.30. The van der Waals surface area contributed by atoms with Crippen LogP contribution in [0.15, 0.2) is 22.7 Å². The zero-order valence-corrected chi connectivity index (χ0v) is 12.2. The SMILES string of the molecule is COc1ccc(Br)c(-c2n[nH]c(=S)n2C2CC2)c1. The molecular weight excluding hydrogens is 314 g/mol. The van der Waals surface area contributed by atoms with E-state index in [9.17, 15) is 0 Å². The summed E-state index contributed by atoms with van der Waals surface area (Å²) in [7, 11) is 1.66. The summed E-state index contributed by atoms with van der Waals surface area (Å²) in [6.07, 6.45) is 2.34. The number of benzene rings is 1. The third-order valence-electron chi connectivity index (χ3n) is 3.03. The summed E-state index contributed by atoms with van der Waals surface area (Å²) in [4.78, 5) is 0. The quantitative estimate of drug-likeness (QED) is 0.875. The number of aromatic amines is 1. The first-order valence-corrected chi connectivity index (χ1v) is 6.91. The molecule has 18 heavy (non-hydrogen) atoms. The van der Waals surface area contributed by atoms with E-state index in [0.717, 1.165) is 21.6 Å². The van der Waals surface area contributed by atoms with Crippen molar-refractivity contribution in [3.63, 3.8) is 0 Å². The van der Waals surface area contributed by atoms with Crippen LogP contribution in [0.1, 0.15) is 18.9 Å². The van der Waals surface area contributed by atoms with Gasteiger partial charge in [-0.15, -0.1) is 0 Å². The predicted octanol–water partition coefficient (Wildman–Crippen LogP) is 3.71. The Bertz CT molecular complexity index is 645. The van der Waals surface area contributed by atoms with Crippen molar-refractivity contribution in [1.82, 2.24) is 14.8 Å². The minimum absolute atomic E-state index is 0.490. The van der Waals surface area contributed by atoms with Crippen molar-refractivity contribution in [2.24, 2.45) is 0 Å². The van der Waals surface area contributed by atoms with E-state index in [0.29, 0.717) is 10.8 Å². The molecule has 1 N–H and O–H groups in total. The number of methoxy groups -OCH3 is 1. The number of ether oxygens (including phenoxy) is 1. The van der Waals surface area contributed by atoms with Crippen LogP contribution in [0.5, 0.6) is 5.75 Å². The molecule has 1 aromatic carbocycles. The van der Waals surface area contributed by atoms with Gasteiger partial charge in [0.2, 0.25) is 0 Å². The van der Waals surface area contributed by atoms with E-state index < -0.39 is 0 Å². The lowest BCUT2D eigenvalue weighted by atomic mass is 10.2. The summed E-state index contributed by atoms with van der Waals surface area (Å²) >= 11 is 8.84. The average Bonchev–Trinajstić information content (AvgIpc) is 3.14. The molecule has 0 spiro atoms. The topological polar surface area (TPSA) is 42.8 Å². The summed E-state index contributed by atoms with van der Waals surface area (Å²) in [5, 5.41) is 7.22. The van der Waals surface area contributed by atoms with Gasteiger partial charge in [-0.3, -0.25) is 9.67 Å². The first-order valence-electron chi connectivity index (χ1n) is 5.71. The maximum Gasteiger partial charge on any atom is 0.195 e. The third kappa shape index (κ3) is 1.99. The second kappa shape index (κ2) is 4.51. The molecule has 0 radical (unpaired) electrons. The van der Waals surface area contributed by atoms with E-state index in [1.54, 1.807) is 7.11 Å². The monoisotopic (exact) mass is 325 g/mol. The lowest BCUT2D eigenvalue weighted by Crippen LogP contribution is -1.98. The Morgan fingerprint density at radius 3 is 2.94 bits per heavy atom. The van der Waals surface area contributed by atoms with Crippen molar-refractivity contribution in [1.29, 1.82) is 0 Å². The molecule has 0 unspecified atom stereocenters. The normalized spacial score (nSPS) is 14.8. The highest BCUT2D eigenvalue weighted by Gasteiger charge is 2.28. The molecule has 0 amide bonds. The van der Waals surface area contributed by atoms with E-state index in [1.807, 2.05) is 18.2 Å². The molecular formula is C12H12BrN3OS. The largest absolute Gasteiger partial charge is 0.497 e. The number of hydrogen-bond donors (Lipinski definition) is 1. The van der Waals surface area contributed by atoms with E-state index in [-0.39, 0.29) is 0 Å². The Hall–Kier alpha value is -1.14. The molecule has 0 aliphatic heterocycles. The summed E-state index contributed by atoms with van der Waals surface area (Å²) < 4.78 is 9.02. The van der Waals surface area contributed by atoms with Crippen LogP contribution in [-0.4, -0.2) is 21.9 Å². The summed E-state index contributed by atoms with van der Waals surface area (Å²) in [6.45, 7) is 0. The molecule has 1 heterocycles. The number of rotatable bonds is 3. The van der Waals surface area contributed by atoms with Gasteiger partial charge in [-0.25, -0.2) is 0 Å². The van der Waals surface area contributed by atoms with Gasteiger partial charge < -0.3 is 4.74 Å². The van der Waals surface area contributed by atoms with Gasteiger partial charge in [0.05, 0.1) is 7.11 Å². The molecule has 2 aromatic rings. The number of hydrogen-bond acceptors (Lipinski definition) is 3. The van der Waals surface area contributed by atoms with E-state index >= 15 is 0 Å². The Labute approximate surface area is 118 Å². The molecule has 3 rings (SSSR count). The fourth-order valence-electron chi connectivity index (χ4n) is 1.97. The standard InChI is InChI=1S/C12H12BrN3OS/c1-17-8-4-5-10(13)9(6-8)11-14-15-12(18)16(11)7-2-3-7/h4-7H,2-3H2,1H3,(H,15,18). The third-order valence-corrected chi connectivity index (χ3v) is 4.01. The van der Waals surface area contributed by atoms with Crippen molar-refractivity contribution in [3.8, 4) is 17.1 Å². The molecule has 1 aliphatic carbocycles. The minimum Gasteiger partial charge on any atom is -0.497 e. The smallest absolute Gasteiger partial charge is 0.195 e. The zero-order valence-electron chi connectivity index (χ0n) is 9.81. The molecule has 0 saturated heterocycles. The molecule has 1 fully saturated rings. The van der Waals surface area contributed by atoms with Gasteiger partial charge in [-0.2, -0.15) is 5.10 Å². The molecule has 1 saturated carbocycles. The van der Waals surface area contributed by atoms with Crippen molar-refractivity contribution < 1.29 is 4.74 Å². The van der Waals surface area contributed by atoms with Gasteiger partial charge in [-0.05, 0) is 43.3 Å². The Morgan fingerprint density at radius 1 is 1.50 bits per heavy atom. The fourth-order valence-corrected chi connectivity index (χ4v) is 2.67. The van der Waals surface area contributed by atoms with Gasteiger partial charge in [0.15, 0.2) is 10.6 Å². The van der Waals surface area contributed by atoms with Gasteiger partial charge in [-0.1, -0.05) is 15.9 Å². The average molecular weight is 326 g/mol. The van der Waals surface area contributed by atoms with Crippen LogP contribution in [0.25, 0.3) is 11.4 Å². The maximum absolute atomic E-state index is 5.29. The molecule has 1 aliphatic rings. The highest BCUT2D eigenvalue weighted by atomic mass is 79.9. The lowest BCUT2D eigenvalue weighted by Gasteiger charge is -2.08. The fraction of sp³-hybridized carbons (Fsp3) is 0.333. The molecule has 94 valence electrons. The zero-order chi connectivity index (χ0) is 12.7. The van der Waals surface area contributed by atoms with Crippen LogP contribution >= 0.6 is 28.1 Å². The molecule has 6 heteroatoms. The molecule has 4 nitrogen and oxygen atoms in total. The second-order valence-corrected chi connectivity index (χ2v) is 5.54. The van der Waals surface area contributed by atoms with Crippen LogP contribution < -0.4 is 4.74 Å². The Balaban J connectivity index is 2.17. The van der Waals surface area contributed by atoms with Crippen molar-refractivity contribution in [2.45, 2.75) is 18.9 Å². The van der Waals surface area contributed by atoms with Crippen LogP contribution in [0.2, 0.25) is 0 Å². The minimum atomic E-state index is 0.490. The molecule has 0 bridgehead atoms. The first-order chi connectivity index (χ1) is 8.70. The lowest BCUT2D eigenvalue weighted by molar-refractivity contribution is 0.415. The van der Waals surface area contributed by atoms with Crippen LogP contribution in [0.3, 0.4) is 0 Å². The number of halogens is 1. The first kappa shape index (κ1) is 11.9. The van der Waals surface area contributed by atoms with E-state index in [4.69, 9.17) is 17.0 Å². The Morgan fingerprint density at radius 2 is 2.28 bits per heavy atom. The number of nitrogens with zero attached hydrogens (tertiary/aromatic N) is 2. The maximum atomic E-state index is 5.29. The van der Waals surface area contributed by atoms with Crippen molar-refractivity contribution in [2.75, 3.05) is 7.11 Å². The summed E-state index contributed by atoms with van der Waals surface area (Å²) in [5.41, 5.74) is 0.994.